The molecule has 0 bridgehead atoms. The molecule has 0 aliphatic rings. The van der Waals surface area contributed by atoms with Crippen LogP contribution in [-0.2, 0) is 4.79 Å². The van der Waals surface area contributed by atoms with Crippen molar-refractivity contribution in [2.75, 3.05) is 5.32 Å². The normalized spacial score (nSPS) is 10.6. The van der Waals surface area contributed by atoms with Gasteiger partial charge in [0.1, 0.15) is 0 Å². The first-order valence-corrected chi connectivity index (χ1v) is 7.05. The van der Waals surface area contributed by atoms with Crippen LogP contribution in [0.3, 0.4) is 0 Å². The summed E-state index contributed by atoms with van der Waals surface area (Å²) in [5.41, 5.74) is 6.61. The maximum absolute atomic E-state index is 11.9. The van der Waals surface area contributed by atoms with E-state index in [0.717, 1.165) is 5.56 Å². The number of amides is 2. The molecule has 4 nitrogen and oxygen atoms in total. The highest BCUT2D eigenvalue weighted by atomic mass is 35.5. The quantitative estimate of drug-likeness (QED) is 0.836. The van der Waals surface area contributed by atoms with E-state index in [2.05, 4.69) is 5.32 Å². The zero-order chi connectivity index (χ0) is 16.1. The molecule has 0 fully saturated rings. The van der Waals surface area contributed by atoms with E-state index in [1.165, 1.54) is 24.3 Å². The number of halogens is 2. The average molecular weight is 335 g/mol. The van der Waals surface area contributed by atoms with Gasteiger partial charge >= 0.3 is 0 Å². The molecule has 2 amide bonds. The first kappa shape index (κ1) is 16.1. The van der Waals surface area contributed by atoms with Crippen LogP contribution in [0.2, 0.25) is 10.0 Å². The summed E-state index contributed by atoms with van der Waals surface area (Å²) in [6, 6.07) is 11.4. The van der Waals surface area contributed by atoms with Crippen LogP contribution in [0, 0.1) is 0 Å². The molecular weight excluding hydrogens is 323 g/mol. The zero-order valence-electron chi connectivity index (χ0n) is 11.3. The van der Waals surface area contributed by atoms with Gasteiger partial charge < -0.3 is 11.1 Å². The Bertz CT molecular complexity index is 740. The van der Waals surface area contributed by atoms with Crippen LogP contribution in [0.1, 0.15) is 15.9 Å². The van der Waals surface area contributed by atoms with Crippen LogP contribution in [0.5, 0.6) is 0 Å². The van der Waals surface area contributed by atoms with Crippen LogP contribution >= 0.6 is 23.2 Å². The lowest BCUT2D eigenvalue weighted by atomic mass is 10.2. The number of nitrogens with one attached hydrogen (secondary N) is 1. The third kappa shape index (κ3) is 4.35. The van der Waals surface area contributed by atoms with Gasteiger partial charge in [0, 0.05) is 16.7 Å². The molecule has 0 heterocycles. The molecule has 6 heteroatoms. The third-order valence-corrected chi connectivity index (χ3v) is 3.39. The minimum atomic E-state index is -0.594. The molecule has 2 aromatic carbocycles. The third-order valence-electron chi connectivity index (χ3n) is 2.81. The van der Waals surface area contributed by atoms with Gasteiger partial charge in [-0.05, 0) is 42.0 Å². The van der Waals surface area contributed by atoms with Gasteiger partial charge in [-0.1, -0.05) is 35.3 Å². The number of carbonyl (C=O) groups excluding carboxylic acids is 2. The van der Waals surface area contributed by atoms with Gasteiger partial charge in [0.15, 0.2) is 0 Å². The number of hydrogen-bond acceptors (Lipinski definition) is 2. The molecular formula is C16H12Cl2N2O2. The van der Waals surface area contributed by atoms with Crippen molar-refractivity contribution < 1.29 is 9.59 Å². The van der Waals surface area contributed by atoms with Crippen LogP contribution < -0.4 is 11.1 Å². The van der Waals surface area contributed by atoms with E-state index in [1.807, 2.05) is 0 Å². The summed E-state index contributed by atoms with van der Waals surface area (Å²) in [4.78, 5) is 23.0. The van der Waals surface area contributed by atoms with E-state index in [9.17, 15) is 9.59 Å². The summed E-state index contributed by atoms with van der Waals surface area (Å²) in [7, 11) is 0. The van der Waals surface area contributed by atoms with E-state index in [4.69, 9.17) is 28.9 Å². The molecule has 0 unspecified atom stereocenters. The largest absolute Gasteiger partial charge is 0.366 e. The van der Waals surface area contributed by atoms with Crippen molar-refractivity contribution in [2.45, 2.75) is 0 Å². The van der Waals surface area contributed by atoms with E-state index in [-0.39, 0.29) is 11.5 Å². The molecule has 0 aliphatic heterocycles. The first-order chi connectivity index (χ1) is 10.5. The topological polar surface area (TPSA) is 72.2 Å². The minimum Gasteiger partial charge on any atom is -0.366 e. The average Bonchev–Trinajstić information content (AvgIpc) is 2.48. The summed E-state index contributed by atoms with van der Waals surface area (Å²) in [6.07, 6.45) is 2.99. The molecule has 22 heavy (non-hydrogen) atoms. The van der Waals surface area contributed by atoms with Crippen molar-refractivity contribution in [1.29, 1.82) is 0 Å². The Balaban J connectivity index is 2.10. The number of carbonyl (C=O) groups is 2. The molecule has 3 N–H and O–H groups in total. The summed E-state index contributed by atoms with van der Waals surface area (Å²) in [6.45, 7) is 0. The number of anilines is 1. The maximum Gasteiger partial charge on any atom is 0.248 e. The summed E-state index contributed by atoms with van der Waals surface area (Å²) < 4.78 is 0. The van der Waals surface area contributed by atoms with Crippen molar-refractivity contribution >= 4 is 46.8 Å². The van der Waals surface area contributed by atoms with Gasteiger partial charge in [0.05, 0.1) is 10.7 Å². The zero-order valence-corrected chi connectivity index (χ0v) is 12.9. The Kier molecular flexibility index (Phi) is 5.20. The predicted octanol–water partition coefficient (Wildman–Crippen LogP) is 3.74. The Morgan fingerprint density at radius 3 is 2.36 bits per heavy atom. The van der Waals surface area contributed by atoms with Crippen LogP contribution in [0.15, 0.2) is 48.5 Å². The van der Waals surface area contributed by atoms with Crippen molar-refractivity contribution in [3.8, 4) is 0 Å². The fraction of sp³-hybridized carbons (Fsp3) is 0. The maximum atomic E-state index is 11.9. The summed E-state index contributed by atoms with van der Waals surface area (Å²) in [5, 5.41) is 3.54. The first-order valence-electron chi connectivity index (χ1n) is 6.29. The SMILES string of the molecule is NC(=O)c1ccc(Cl)c(NC(=O)C=Cc2ccc(Cl)cc2)c1. The molecule has 0 spiro atoms. The predicted molar refractivity (Wildman–Crippen MR) is 89.1 cm³/mol. The van der Waals surface area contributed by atoms with E-state index >= 15 is 0 Å². The van der Waals surface area contributed by atoms with Gasteiger partial charge in [-0.3, -0.25) is 9.59 Å². The van der Waals surface area contributed by atoms with Gasteiger partial charge in [-0.15, -0.1) is 0 Å². The highest BCUT2D eigenvalue weighted by Gasteiger charge is 2.07. The van der Waals surface area contributed by atoms with Crippen LogP contribution in [0.4, 0.5) is 5.69 Å². The van der Waals surface area contributed by atoms with E-state index in [0.29, 0.717) is 15.7 Å². The Morgan fingerprint density at radius 1 is 1.05 bits per heavy atom. The minimum absolute atomic E-state index is 0.265. The standard InChI is InChI=1S/C16H12Cl2N2O2/c17-12-5-1-10(2-6-12)3-8-15(21)20-14-9-11(16(19)22)4-7-13(14)18/h1-9H,(H2,19,22)(H,20,21). The fourth-order valence-corrected chi connectivity index (χ4v) is 1.99. The second kappa shape index (κ2) is 7.11. The highest BCUT2D eigenvalue weighted by molar-refractivity contribution is 6.34. The summed E-state index contributed by atoms with van der Waals surface area (Å²) >= 11 is 11.8. The van der Waals surface area contributed by atoms with Gasteiger partial charge in [-0.2, -0.15) is 0 Å². The number of hydrogen-bond donors (Lipinski definition) is 2. The lowest BCUT2D eigenvalue weighted by Gasteiger charge is -2.06. The molecule has 0 saturated heterocycles. The lowest BCUT2D eigenvalue weighted by Crippen LogP contribution is -2.13. The van der Waals surface area contributed by atoms with Crippen molar-refractivity contribution in [2.24, 2.45) is 5.73 Å². The smallest absolute Gasteiger partial charge is 0.248 e. The van der Waals surface area contributed by atoms with Crippen molar-refractivity contribution in [3.63, 3.8) is 0 Å². The monoisotopic (exact) mass is 334 g/mol. The number of benzene rings is 2. The molecule has 0 saturated carbocycles. The van der Waals surface area contributed by atoms with Crippen LogP contribution in [0.25, 0.3) is 6.08 Å². The number of nitrogens with two attached hydrogens (primary N) is 1. The van der Waals surface area contributed by atoms with Gasteiger partial charge in [0.25, 0.3) is 0 Å². The second-order valence-electron chi connectivity index (χ2n) is 4.43. The second-order valence-corrected chi connectivity index (χ2v) is 5.28. The Morgan fingerprint density at radius 2 is 1.73 bits per heavy atom. The van der Waals surface area contributed by atoms with Gasteiger partial charge in [0.2, 0.25) is 11.8 Å². The molecule has 0 radical (unpaired) electrons. The van der Waals surface area contributed by atoms with E-state index < -0.39 is 5.91 Å². The lowest BCUT2D eigenvalue weighted by molar-refractivity contribution is -0.111. The molecule has 0 aromatic heterocycles. The highest BCUT2D eigenvalue weighted by Crippen LogP contribution is 2.23. The van der Waals surface area contributed by atoms with Crippen molar-refractivity contribution in [3.05, 3.63) is 69.7 Å². The van der Waals surface area contributed by atoms with Gasteiger partial charge in [-0.25, -0.2) is 0 Å². The molecule has 0 aliphatic carbocycles. The van der Waals surface area contributed by atoms with Crippen molar-refractivity contribution in [1.82, 2.24) is 0 Å². The number of rotatable bonds is 4. The van der Waals surface area contributed by atoms with Crippen LogP contribution in [-0.4, -0.2) is 11.8 Å². The number of primary amides is 1. The van der Waals surface area contributed by atoms with E-state index in [1.54, 1.807) is 30.3 Å². The molecule has 2 aromatic rings. The fourth-order valence-electron chi connectivity index (χ4n) is 1.69. The molecule has 2 rings (SSSR count). The molecule has 0 atom stereocenters. The Hall–Kier alpha value is -2.30. The Labute approximate surface area is 137 Å². The molecule has 112 valence electrons. The summed E-state index contributed by atoms with van der Waals surface area (Å²) in [5.74, 6) is -0.970.